The topological polar surface area (TPSA) is 43.4 Å². The summed E-state index contributed by atoms with van der Waals surface area (Å²) in [6, 6.07) is 11.7. The van der Waals surface area contributed by atoms with Gasteiger partial charge in [0.25, 0.3) is 0 Å². The fraction of sp³-hybridized carbons (Fsp3) is 0.267. The van der Waals surface area contributed by atoms with Gasteiger partial charge < -0.3 is 14.8 Å². The first kappa shape index (κ1) is 14.8. The Morgan fingerprint density at radius 3 is 2.85 bits per heavy atom. The monoisotopic (exact) mass is 336 g/mol. The van der Waals surface area contributed by atoms with Gasteiger partial charge in [-0.2, -0.15) is 0 Å². The van der Waals surface area contributed by atoms with Crippen LogP contribution < -0.4 is 14.8 Å². The summed E-state index contributed by atoms with van der Waals surface area (Å²) in [5.41, 5.74) is 1.12. The first-order valence-corrected chi connectivity index (χ1v) is 7.15. The molecule has 106 valence electrons. The van der Waals surface area contributed by atoms with Crippen molar-refractivity contribution in [1.82, 2.24) is 10.3 Å². The molecule has 4 nitrogen and oxygen atoms in total. The van der Waals surface area contributed by atoms with Gasteiger partial charge in [-0.1, -0.05) is 28.1 Å². The van der Waals surface area contributed by atoms with E-state index in [9.17, 15) is 0 Å². The second-order valence-corrected chi connectivity index (χ2v) is 5.11. The quantitative estimate of drug-likeness (QED) is 0.789. The lowest BCUT2D eigenvalue weighted by Crippen LogP contribution is -2.20. The summed E-state index contributed by atoms with van der Waals surface area (Å²) >= 11 is 3.41. The van der Waals surface area contributed by atoms with Gasteiger partial charge in [-0.3, -0.25) is 0 Å². The minimum absolute atomic E-state index is 0.625. The largest absolute Gasteiger partial charge is 0.492 e. The molecule has 0 aliphatic rings. The van der Waals surface area contributed by atoms with E-state index in [0.29, 0.717) is 12.5 Å². The van der Waals surface area contributed by atoms with Crippen LogP contribution in [0, 0.1) is 0 Å². The molecule has 1 heterocycles. The third kappa shape index (κ3) is 4.83. The van der Waals surface area contributed by atoms with E-state index in [0.717, 1.165) is 28.9 Å². The van der Waals surface area contributed by atoms with E-state index in [1.165, 1.54) is 0 Å². The number of nitrogens with zero attached hydrogens (tertiary/aromatic N) is 1. The number of pyridine rings is 1. The Morgan fingerprint density at radius 1 is 1.25 bits per heavy atom. The van der Waals surface area contributed by atoms with Crippen molar-refractivity contribution in [1.29, 1.82) is 0 Å². The molecular formula is C15H17BrN2O2. The summed E-state index contributed by atoms with van der Waals surface area (Å²) in [5, 5.41) is 3.31. The number of hydrogen-bond acceptors (Lipinski definition) is 4. The molecule has 2 aromatic rings. The Balaban J connectivity index is 1.66. The highest BCUT2D eigenvalue weighted by Gasteiger charge is 1.97. The van der Waals surface area contributed by atoms with Crippen LogP contribution in [0.15, 0.2) is 47.1 Å². The Kier molecular flexibility index (Phi) is 5.83. The lowest BCUT2D eigenvalue weighted by molar-refractivity contribution is 0.313. The van der Waals surface area contributed by atoms with Crippen LogP contribution >= 0.6 is 15.9 Å². The molecule has 0 spiro atoms. The van der Waals surface area contributed by atoms with Crippen LogP contribution in [0.1, 0.15) is 5.56 Å². The van der Waals surface area contributed by atoms with Crippen LogP contribution in [0.3, 0.4) is 0 Å². The summed E-state index contributed by atoms with van der Waals surface area (Å²) in [5.74, 6) is 1.50. The Hall–Kier alpha value is -1.59. The molecule has 1 N–H and O–H groups in total. The van der Waals surface area contributed by atoms with Crippen molar-refractivity contribution >= 4 is 15.9 Å². The number of aromatic nitrogens is 1. The van der Waals surface area contributed by atoms with E-state index in [-0.39, 0.29) is 0 Å². The van der Waals surface area contributed by atoms with Gasteiger partial charge in [-0.25, -0.2) is 4.98 Å². The van der Waals surface area contributed by atoms with Gasteiger partial charge >= 0.3 is 0 Å². The lowest BCUT2D eigenvalue weighted by Gasteiger charge is -2.08. The molecule has 0 unspecified atom stereocenters. The average molecular weight is 337 g/mol. The lowest BCUT2D eigenvalue weighted by atomic mass is 10.3. The number of methoxy groups -OCH3 is 1. The molecule has 0 aliphatic heterocycles. The predicted molar refractivity (Wildman–Crippen MR) is 82.1 cm³/mol. The molecule has 0 saturated carbocycles. The van der Waals surface area contributed by atoms with E-state index in [1.54, 1.807) is 13.3 Å². The van der Waals surface area contributed by atoms with E-state index >= 15 is 0 Å². The van der Waals surface area contributed by atoms with Crippen LogP contribution in [0.5, 0.6) is 11.6 Å². The highest BCUT2D eigenvalue weighted by atomic mass is 79.9. The standard InChI is InChI=1S/C15H17BrN2O2/c1-19-15-6-5-12(11-18-15)10-17-7-8-20-14-4-2-3-13(16)9-14/h2-6,9,11,17H,7-8,10H2,1H3. The molecule has 0 radical (unpaired) electrons. The minimum atomic E-state index is 0.625. The molecule has 1 aromatic carbocycles. The molecule has 1 aromatic heterocycles. The van der Waals surface area contributed by atoms with Crippen LogP contribution in [0.25, 0.3) is 0 Å². The number of nitrogens with one attached hydrogen (secondary N) is 1. The number of ether oxygens (including phenoxy) is 2. The van der Waals surface area contributed by atoms with Crippen molar-refractivity contribution in [2.24, 2.45) is 0 Å². The Bertz CT molecular complexity index is 532. The summed E-state index contributed by atoms with van der Waals surface area (Å²) in [4.78, 5) is 4.15. The third-order valence-electron chi connectivity index (χ3n) is 2.68. The highest BCUT2D eigenvalue weighted by Crippen LogP contribution is 2.17. The van der Waals surface area contributed by atoms with Gasteiger partial charge in [-0.15, -0.1) is 0 Å². The smallest absolute Gasteiger partial charge is 0.212 e. The van der Waals surface area contributed by atoms with Gasteiger partial charge in [0.05, 0.1) is 7.11 Å². The normalized spacial score (nSPS) is 10.3. The molecule has 2 rings (SSSR count). The average Bonchev–Trinajstić information content (AvgIpc) is 2.48. The van der Waals surface area contributed by atoms with E-state index < -0.39 is 0 Å². The van der Waals surface area contributed by atoms with Crippen molar-refractivity contribution in [3.63, 3.8) is 0 Å². The number of halogens is 1. The zero-order valence-corrected chi connectivity index (χ0v) is 12.9. The van der Waals surface area contributed by atoms with E-state index in [2.05, 4.69) is 26.2 Å². The van der Waals surface area contributed by atoms with Crippen LogP contribution in [0.4, 0.5) is 0 Å². The summed E-state index contributed by atoms with van der Waals surface area (Å²) < 4.78 is 11.7. The fourth-order valence-electron chi connectivity index (χ4n) is 1.67. The van der Waals surface area contributed by atoms with E-state index in [4.69, 9.17) is 9.47 Å². The summed E-state index contributed by atoms with van der Waals surface area (Å²) in [6.07, 6.45) is 1.81. The highest BCUT2D eigenvalue weighted by molar-refractivity contribution is 9.10. The summed E-state index contributed by atoms with van der Waals surface area (Å²) in [6.45, 7) is 2.16. The van der Waals surface area contributed by atoms with Crippen LogP contribution in [-0.2, 0) is 6.54 Å². The predicted octanol–water partition coefficient (Wildman–Crippen LogP) is 3.02. The van der Waals surface area contributed by atoms with Crippen LogP contribution in [0.2, 0.25) is 0 Å². The van der Waals surface area contributed by atoms with Crippen molar-refractivity contribution in [3.8, 4) is 11.6 Å². The first-order valence-electron chi connectivity index (χ1n) is 6.36. The van der Waals surface area contributed by atoms with Crippen molar-refractivity contribution in [2.75, 3.05) is 20.3 Å². The minimum Gasteiger partial charge on any atom is -0.492 e. The van der Waals surface area contributed by atoms with Gasteiger partial charge in [0.1, 0.15) is 12.4 Å². The fourth-order valence-corrected chi connectivity index (χ4v) is 2.05. The van der Waals surface area contributed by atoms with Gasteiger partial charge in [0.2, 0.25) is 5.88 Å². The maximum Gasteiger partial charge on any atom is 0.212 e. The molecule has 0 fully saturated rings. The van der Waals surface area contributed by atoms with Gasteiger partial charge in [-0.05, 0) is 23.8 Å². The van der Waals surface area contributed by atoms with Crippen molar-refractivity contribution < 1.29 is 9.47 Å². The van der Waals surface area contributed by atoms with E-state index in [1.807, 2.05) is 36.4 Å². The Morgan fingerprint density at radius 2 is 2.15 bits per heavy atom. The zero-order valence-electron chi connectivity index (χ0n) is 11.3. The molecule has 0 bridgehead atoms. The van der Waals surface area contributed by atoms with Crippen LogP contribution in [-0.4, -0.2) is 25.2 Å². The molecule has 5 heteroatoms. The number of rotatable bonds is 7. The molecule has 0 atom stereocenters. The third-order valence-corrected chi connectivity index (χ3v) is 3.17. The van der Waals surface area contributed by atoms with Crippen molar-refractivity contribution in [2.45, 2.75) is 6.54 Å². The zero-order chi connectivity index (χ0) is 14.2. The molecule has 0 aliphatic carbocycles. The summed E-state index contributed by atoms with van der Waals surface area (Å²) in [7, 11) is 1.61. The number of hydrogen-bond donors (Lipinski definition) is 1. The number of benzene rings is 1. The van der Waals surface area contributed by atoms with Gasteiger partial charge in [0.15, 0.2) is 0 Å². The second kappa shape index (κ2) is 7.87. The maximum absolute atomic E-state index is 5.63. The molecule has 20 heavy (non-hydrogen) atoms. The second-order valence-electron chi connectivity index (χ2n) is 4.19. The molecule has 0 saturated heterocycles. The molecular weight excluding hydrogens is 320 g/mol. The SMILES string of the molecule is COc1ccc(CNCCOc2cccc(Br)c2)cn1. The van der Waals surface area contributed by atoms with Gasteiger partial charge in [0, 0.05) is 29.8 Å². The maximum atomic E-state index is 5.63. The first-order chi connectivity index (χ1) is 9.78. The Labute approximate surface area is 127 Å². The van der Waals surface area contributed by atoms with Crippen molar-refractivity contribution in [3.05, 3.63) is 52.6 Å². The molecule has 0 amide bonds.